The van der Waals surface area contributed by atoms with Crippen LogP contribution in [-0.2, 0) is 19.1 Å². The molecule has 0 saturated carbocycles. The minimum absolute atomic E-state index is 0.0828. The van der Waals surface area contributed by atoms with Crippen LogP contribution in [-0.4, -0.2) is 30.9 Å². The number of esters is 1. The zero-order valence-corrected chi connectivity index (χ0v) is 12.3. The molecule has 2 amide bonds. The molecule has 1 heterocycles. The largest absolute Gasteiger partial charge is 0.465 e. The van der Waals surface area contributed by atoms with Crippen LogP contribution < -0.4 is 10.6 Å². The fraction of sp³-hybridized carbons (Fsp3) is 0.462. The van der Waals surface area contributed by atoms with Crippen LogP contribution in [0.1, 0.15) is 31.2 Å². The van der Waals surface area contributed by atoms with E-state index in [9.17, 15) is 14.4 Å². The smallest absolute Gasteiger partial charge is 0.325 e. The average molecular weight is 298 g/mol. The third kappa shape index (κ3) is 5.83. The van der Waals surface area contributed by atoms with Crippen molar-refractivity contribution >= 4 is 29.1 Å². The summed E-state index contributed by atoms with van der Waals surface area (Å²) in [7, 11) is 0. The molecular formula is C13H18N2O4S. The molecule has 0 spiro atoms. The number of hydrogen-bond donors (Lipinski definition) is 2. The lowest BCUT2D eigenvalue weighted by atomic mass is 10.1. The zero-order valence-electron chi connectivity index (χ0n) is 11.5. The molecule has 0 aromatic carbocycles. The Bertz CT molecular complexity index is 459. The van der Waals surface area contributed by atoms with Crippen molar-refractivity contribution in [3.05, 3.63) is 22.4 Å². The van der Waals surface area contributed by atoms with Gasteiger partial charge >= 0.3 is 5.97 Å². The molecule has 0 saturated heterocycles. The topological polar surface area (TPSA) is 84.5 Å². The minimum atomic E-state index is -0.479. The maximum absolute atomic E-state index is 11.8. The lowest BCUT2D eigenvalue weighted by Gasteiger charge is -2.16. The summed E-state index contributed by atoms with van der Waals surface area (Å²) >= 11 is 1.46. The summed E-state index contributed by atoms with van der Waals surface area (Å²) in [6, 6.07) is 3.32. The Labute approximate surface area is 121 Å². The molecule has 0 aliphatic carbocycles. The van der Waals surface area contributed by atoms with Gasteiger partial charge in [0.05, 0.1) is 19.1 Å². The van der Waals surface area contributed by atoms with Crippen molar-refractivity contribution < 1.29 is 19.1 Å². The second kappa shape index (κ2) is 8.31. The number of carbonyl (C=O) groups is 3. The minimum Gasteiger partial charge on any atom is -0.465 e. The highest BCUT2D eigenvalue weighted by atomic mass is 32.1. The van der Waals surface area contributed by atoms with Gasteiger partial charge in [0.1, 0.15) is 6.54 Å². The number of hydrogen-bond acceptors (Lipinski definition) is 5. The Morgan fingerprint density at radius 1 is 1.40 bits per heavy atom. The quantitative estimate of drug-likeness (QED) is 0.735. The number of ether oxygens (including phenoxy) is 1. The van der Waals surface area contributed by atoms with Crippen molar-refractivity contribution in [3.63, 3.8) is 0 Å². The van der Waals surface area contributed by atoms with E-state index >= 15 is 0 Å². The van der Waals surface area contributed by atoms with Crippen LogP contribution in [0, 0.1) is 0 Å². The first-order valence-electron chi connectivity index (χ1n) is 6.25. The molecule has 0 fully saturated rings. The van der Waals surface area contributed by atoms with Crippen LogP contribution in [0.4, 0.5) is 0 Å². The molecule has 1 unspecified atom stereocenters. The molecule has 1 atom stereocenters. The Morgan fingerprint density at radius 3 is 2.70 bits per heavy atom. The second-order valence-corrected chi connectivity index (χ2v) is 5.03. The zero-order chi connectivity index (χ0) is 15.0. The molecule has 6 nitrogen and oxygen atoms in total. The summed E-state index contributed by atoms with van der Waals surface area (Å²) in [5.74, 6) is -1.00. The van der Waals surface area contributed by atoms with Gasteiger partial charge in [-0.05, 0) is 18.4 Å². The molecule has 1 rings (SSSR count). The van der Waals surface area contributed by atoms with Crippen LogP contribution in [0.2, 0.25) is 0 Å². The first kappa shape index (κ1) is 16.2. The van der Waals surface area contributed by atoms with Crippen LogP contribution in [0.25, 0.3) is 0 Å². The van der Waals surface area contributed by atoms with Gasteiger partial charge in [0.25, 0.3) is 0 Å². The van der Waals surface area contributed by atoms with Gasteiger partial charge < -0.3 is 15.4 Å². The van der Waals surface area contributed by atoms with Crippen molar-refractivity contribution in [1.82, 2.24) is 10.6 Å². The van der Waals surface area contributed by atoms with E-state index in [-0.39, 0.29) is 37.4 Å². The van der Waals surface area contributed by atoms with E-state index in [4.69, 9.17) is 4.74 Å². The summed E-state index contributed by atoms with van der Waals surface area (Å²) in [6.45, 7) is 3.21. The van der Waals surface area contributed by atoms with Crippen molar-refractivity contribution in [2.24, 2.45) is 0 Å². The number of nitrogens with one attached hydrogen (secondary N) is 2. The van der Waals surface area contributed by atoms with E-state index in [2.05, 4.69) is 10.6 Å². The molecule has 20 heavy (non-hydrogen) atoms. The molecule has 0 radical (unpaired) electrons. The van der Waals surface area contributed by atoms with E-state index in [0.29, 0.717) is 0 Å². The van der Waals surface area contributed by atoms with E-state index < -0.39 is 5.97 Å². The van der Waals surface area contributed by atoms with Gasteiger partial charge in [-0.15, -0.1) is 11.3 Å². The first-order valence-corrected chi connectivity index (χ1v) is 7.13. The van der Waals surface area contributed by atoms with E-state index in [1.807, 2.05) is 17.5 Å². The summed E-state index contributed by atoms with van der Waals surface area (Å²) in [5, 5.41) is 7.07. The van der Waals surface area contributed by atoms with Gasteiger partial charge in [-0.3, -0.25) is 14.4 Å². The monoisotopic (exact) mass is 298 g/mol. The summed E-state index contributed by atoms with van der Waals surface area (Å²) in [4.78, 5) is 35.0. The molecule has 0 aliphatic heterocycles. The van der Waals surface area contributed by atoms with Gasteiger partial charge in [0.2, 0.25) is 11.8 Å². The maximum Gasteiger partial charge on any atom is 0.325 e. The molecule has 2 N–H and O–H groups in total. The standard InChI is InChI=1S/C13H18N2O4S/c1-3-19-13(18)8-14-12(17)7-10(15-9(2)16)11-5-4-6-20-11/h4-6,10H,3,7-8H2,1-2H3,(H,14,17)(H,15,16). The molecule has 0 aliphatic rings. The molecule has 110 valence electrons. The van der Waals surface area contributed by atoms with Crippen molar-refractivity contribution in [3.8, 4) is 0 Å². The van der Waals surface area contributed by atoms with E-state index in [1.54, 1.807) is 6.92 Å². The predicted molar refractivity (Wildman–Crippen MR) is 75.1 cm³/mol. The summed E-state index contributed by atoms with van der Waals surface area (Å²) < 4.78 is 4.71. The van der Waals surface area contributed by atoms with Crippen molar-refractivity contribution in [2.45, 2.75) is 26.3 Å². The highest BCUT2D eigenvalue weighted by Crippen LogP contribution is 2.21. The Balaban J connectivity index is 2.50. The lowest BCUT2D eigenvalue weighted by molar-refractivity contribution is -0.143. The number of amides is 2. The Morgan fingerprint density at radius 2 is 2.15 bits per heavy atom. The molecule has 1 aromatic rings. The number of rotatable bonds is 7. The van der Waals surface area contributed by atoms with Gasteiger partial charge in [0, 0.05) is 11.8 Å². The fourth-order valence-corrected chi connectivity index (χ4v) is 2.38. The SMILES string of the molecule is CCOC(=O)CNC(=O)CC(NC(C)=O)c1cccs1. The molecule has 7 heteroatoms. The number of carbonyl (C=O) groups excluding carboxylic acids is 3. The Hall–Kier alpha value is -1.89. The van der Waals surface area contributed by atoms with Gasteiger partial charge in [-0.1, -0.05) is 6.07 Å². The first-order chi connectivity index (χ1) is 9.52. The third-order valence-corrected chi connectivity index (χ3v) is 3.37. The van der Waals surface area contributed by atoms with Crippen LogP contribution in [0.3, 0.4) is 0 Å². The molecular weight excluding hydrogens is 280 g/mol. The third-order valence-electron chi connectivity index (χ3n) is 2.39. The summed E-state index contributed by atoms with van der Waals surface area (Å²) in [6.07, 6.45) is 0.0828. The van der Waals surface area contributed by atoms with E-state index in [1.165, 1.54) is 18.3 Å². The molecule has 0 bridgehead atoms. The van der Waals surface area contributed by atoms with Gasteiger partial charge in [0.15, 0.2) is 0 Å². The normalized spacial score (nSPS) is 11.5. The van der Waals surface area contributed by atoms with Gasteiger partial charge in [-0.25, -0.2) is 0 Å². The second-order valence-electron chi connectivity index (χ2n) is 4.05. The molecule has 1 aromatic heterocycles. The summed E-state index contributed by atoms with van der Waals surface area (Å²) in [5.41, 5.74) is 0. The van der Waals surface area contributed by atoms with Crippen LogP contribution in [0.5, 0.6) is 0 Å². The van der Waals surface area contributed by atoms with Crippen LogP contribution >= 0.6 is 11.3 Å². The lowest BCUT2D eigenvalue weighted by Crippen LogP contribution is -2.35. The maximum atomic E-state index is 11.8. The van der Waals surface area contributed by atoms with Crippen molar-refractivity contribution in [1.29, 1.82) is 0 Å². The highest BCUT2D eigenvalue weighted by Gasteiger charge is 2.18. The highest BCUT2D eigenvalue weighted by molar-refractivity contribution is 7.10. The Kier molecular flexibility index (Phi) is 6.72. The number of thiophene rings is 1. The van der Waals surface area contributed by atoms with Crippen LogP contribution in [0.15, 0.2) is 17.5 Å². The predicted octanol–water partition coefficient (Wildman–Crippen LogP) is 0.995. The van der Waals surface area contributed by atoms with Gasteiger partial charge in [-0.2, -0.15) is 0 Å². The van der Waals surface area contributed by atoms with Crippen molar-refractivity contribution in [2.75, 3.05) is 13.2 Å². The fourth-order valence-electron chi connectivity index (χ4n) is 1.60. The average Bonchev–Trinajstić information content (AvgIpc) is 2.89. The van der Waals surface area contributed by atoms with E-state index in [0.717, 1.165) is 4.88 Å².